The van der Waals surface area contributed by atoms with E-state index in [1.807, 2.05) is 25.1 Å². The van der Waals surface area contributed by atoms with E-state index in [4.69, 9.17) is 0 Å². The second-order valence-corrected chi connectivity index (χ2v) is 5.63. The fourth-order valence-corrected chi connectivity index (χ4v) is 2.56. The summed E-state index contributed by atoms with van der Waals surface area (Å²) >= 11 is 3.44. The molecule has 0 atom stereocenters. The van der Waals surface area contributed by atoms with Crippen LogP contribution in [0.1, 0.15) is 56.0 Å². The molecule has 1 aromatic rings. The number of benzene rings is 1. The number of carbonyl (C=O) groups excluding carboxylic acids is 1. The lowest BCUT2D eigenvalue weighted by Gasteiger charge is -2.32. The summed E-state index contributed by atoms with van der Waals surface area (Å²) in [4.78, 5) is 12.4. The summed E-state index contributed by atoms with van der Waals surface area (Å²) in [6, 6.07) is 5.84. The Kier molecular flexibility index (Phi) is 5.39. The molecule has 0 bridgehead atoms. The molecule has 100 valence electrons. The second-order valence-electron chi connectivity index (χ2n) is 4.78. The van der Waals surface area contributed by atoms with Gasteiger partial charge in [0.05, 0.1) is 5.56 Å². The molecule has 1 rings (SSSR count). The van der Waals surface area contributed by atoms with E-state index in [1.165, 1.54) is 0 Å². The van der Waals surface area contributed by atoms with Crippen molar-refractivity contribution in [1.82, 2.24) is 5.32 Å². The molecule has 18 heavy (non-hydrogen) atoms. The molecule has 2 nitrogen and oxygen atoms in total. The summed E-state index contributed by atoms with van der Waals surface area (Å²) < 4.78 is 0.850. The second kappa shape index (κ2) is 6.37. The number of hydrogen-bond donors (Lipinski definition) is 1. The minimum atomic E-state index is -0.0831. The molecule has 0 spiro atoms. The Bertz CT molecular complexity index is 416. The zero-order valence-corrected chi connectivity index (χ0v) is 13.2. The summed E-state index contributed by atoms with van der Waals surface area (Å²) in [5.74, 6) is 0.0103. The van der Waals surface area contributed by atoms with Gasteiger partial charge in [0, 0.05) is 10.0 Å². The van der Waals surface area contributed by atoms with Gasteiger partial charge in [-0.1, -0.05) is 32.4 Å². The number of aryl methyl sites for hydroxylation is 1. The molecule has 0 saturated heterocycles. The van der Waals surface area contributed by atoms with Crippen LogP contribution in [0.25, 0.3) is 0 Å². The van der Waals surface area contributed by atoms with Gasteiger partial charge in [0.1, 0.15) is 0 Å². The summed E-state index contributed by atoms with van der Waals surface area (Å²) in [6.07, 6.45) is 2.86. The van der Waals surface area contributed by atoms with Crippen molar-refractivity contribution in [1.29, 1.82) is 0 Å². The van der Waals surface area contributed by atoms with E-state index in [1.54, 1.807) is 0 Å². The van der Waals surface area contributed by atoms with Crippen LogP contribution in [0.15, 0.2) is 22.7 Å². The van der Waals surface area contributed by atoms with Gasteiger partial charge < -0.3 is 5.32 Å². The first kappa shape index (κ1) is 15.2. The van der Waals surface area contributed by atoms with E-state index in [0.29, 0.717) is 0 Å². The highest BCUT2D eigenvalue weighted by Gasteiger charge is 2.26. The number of halogens is 1. The van der Waals surface area contributed by atoms with Crippen LogP contribution in [0.5, 0.6) is 0 Å². The van der Waals surface area contributed by atoms with Crippen molar-refractivity contribution in [2.24, 2.45) is 0 Å². The summed E-state index contributed by atoms with van der Waals surface area (Å²) in [6.45, 7) is 8.37. The quantitative estimate of drug-likeness (QED) is 0.854. The SMILES string of the molecule is CCC(CC)(CC)NC(=O)c1cc(C)ccc1Br. The molecule has 0 heterocycles. The van der Waals surface area contributed by atoms with Gasteiger partial charge in [-0.15, -0.1) is 0 Å². The molecule has 0 fully saturated rings. The highest BCUT2D eigenvalue weighted by atomic mass is 79.9. The maximum atomic E-state index is 12.4. The molecule has 0 unspecified atom stereocenters. The van der Waals surface area contributed by atoms with Gasteiger partial charge in [0.15, 0.2) is 0 Å². The molecular formula is C15H22BrNO. The first-order valence-electron chi connectivity index (χ1n) is 6.56. The van der Waals surface area contributed by atoms with Gasteiger partial charge >= 0.3 is 0 Å². The zero-order chi connectivity index (χ0) is 13.8. The minimum Gasteiger partial charge on any atom is -0.347 e. The van der Waals surface area contributed by atoms with E-state index in [0.717, 1.165) is 34.9 Å². The fourth-order valence-electron chi connectivity index (χ4n) is 2.14. The summed E-state index contributed by atoms with van der Waals surface area (Å²) in [5, 5.41) is 3.19. The van der Waals surface area contributed by atoms with Crippen LogP contribution in [0.2, 0.25) is 0 Å². The largest absolute Gasteiger partial charge is 0.347 e. The summed E-state index contributed by atoms with van der Waals surface area (Å²) in [7, 11) is 0. The molecule has 0 aliphatic heterocycles. The third kappa shape index (κ3) is 3.35. The number of hydrogen-bond acceptors (Lipinski definition) is 1. The van der Waals surface area contributed by atoms with Crippen molar-refractivity contribution < 1.29 is 4.79 Å². The Morgan fingerprint density at radius 2 is 1.78 bits per heavy atom. The van der Waals surface area contributed by atoms with Crippen LogP contribution in [0.3, 0.4) is 0 Å². The van der Waals surface area contributed by atoms with Gasteiger partial charge in [-0.25, -0.2) is 0 Å². The molecule has 0 saturated carbocycles. The topological polar surface area (TPSA) is 29.1 Å². The number of rotatable bonds is 5. The van der Waals surface area contributed by atoms with Crippen molar-refractivity contribution in [2.75, 3.05) is 0 Å². The third-order valence-corrected chi connectivity index (χ3v) is 4.47. The van der Waals surface area contributed by atoms with E-state index >= 15 is 0 Å². The van der Waals surface area contributed by atoms with Crippen LogP contribution in [0, 0.1) is 6.92 Å². The van der Waals surface area contributed by atoms with Crippen LogP contribution in [-0.4, -0.2) is 11.4 Å². The van der Waals surface area contributed by atoms with Crippen LogP contribution < -0.4 is 5.32 Å². The smallest absolute Gasteiger partial charge is 0.252 e. The lowest BCUT2D eigenvalue weighted by atomic mass is 9.89. The molecule has 0 radical (unpaired) electrons. The number of carbonyl (C=O) groups is 1. The average Bonchev–Trinajstić information content (AvgIpc) is 2.38. The predicted octanol–water partition coefficient (Wildman–Crippen LogP) is 4.46. The van der Waals surface area contributed by atoms with Crippen molar-refractivity contribution in [3.63, 3.8) is 0 Å². The predicted molar refractivity (Wildman–Crippen MR) is 79.9 cm³/mol. The van der Waals surface area contributed by atoms with Crippen LogP contribution in [-0.2, 0) is 0 Å². The molecule has 1 N–H and O–H groups in total. The molecule has 0 aliphatic rings. The first-order chi connectivity index (χ1) is 8.48. The van der Waals surface area contributed by atoms with Crippen molar-refractivity contribution in [2.45, 2.75) is 52.5 Å². The van der Waals surface area contributed by atoms with E-state index in [2.05, 4.69) is 42.0 Å². The molecule has 0 aromatic heterocycles. The van der Waals surface area contributed by atoms with Gasteiger partial charge in [0.2, 0.25) is 0 Å². The summed E-state index contributed by atoms with van der Waals surface area (Å²) in [5.41, 5.74) is 1.73. The van der Waals surface area contributed by atoms with Crippen LogP contribution >= 0.6 is 15.9 Å². The Morgan fingerprint density at radius 1 is 1.22 bits per heavy atom. The minimum absolute atomic E-state index is 0.0103. The molecule has 3 heteroatoms. The highest BCUT2D eigenvalue weighted by Crippen LogP contribution is 2.23. The third-order valence-electron chi connectivity index (χ3n) is 3.78. The van der Waals surface area contributed by atoms with Gasteiger partial charge in [-0.05, 0) is 54.2 Å². The van der Waals surface area contributed by atoms with Gasteiger partial charge in [-0.2, -0.15) is 0 Å². The molecular weight excluding hydrogens is 290 g/mol. The standard InChI is InChI=1S/C15H22BrNO/c1-5-15(6-2,7-3)17-14(18)12-10-11(4)8-9-13(12)16/h8-10H,5-7H2,1-4H3,(H,17,18). The van der Waals surface area contributed by atoms with Gasteiger partial charge in [0.25, 0.3) is 5.91 Å². The maximum absolute atomic E-state index is 12.4. The van der Waals surface area contributed by atoms with Crippen molar-refractivity contribution in [3.05, 3.63) is 33.8 Å². The zero-order valence-electron chi connectivity index (χ0n) is 11.6. The van der Waals surface area contributed by atoms with Crippen molar-refractivity contribution in [3.8, 4) is 0 Å². The molecule has 1 aromatic carbocycles. The maximum Gasteiger partial charge on any atom is 0.252 e. The fraction of sp³-hybridized carbons (Fsp3) is 0.533. The number of amides is 1. The Morgan fingerprint density at radius 3 is 2.28 bits per heavy atom. The molecule has 1 amide bonds. The molecule has 0 aliphatic carbocycles. The van der Waals surface area contributed by atoms with E-state index < -0.39 is 0 Å². The van der Waals surface area contributed by atoms with Crippen molar-refractivity contribution >= 4 is 21.8 Å². The lowest BCUT2D eigenvalue weighted by Crippen LogP contribution is -2.47. The average molecular weight is 312 g/mol. The normalized spacial score (nSPS) is 11.4. The lowest BCUT2D eigenvalue weighted by molar-refractivity contribution is 0.0887. The Hall–Kier alpha value is -0.830. The van der Waals surface area contributed by atoms with Gasteiger partial charge in [-0.3, -0.25) is 4.79 Å². The van der Waals surface area contributed by atoms with Crippen LogP contribution in [0.4, 0.5) is 0 Å². The first-order valence-corrected chi connectivity index (χ1v) is 7.36. The Balaban J connectivity index is 2.97. The van der Waals surface area contributed by atoms with E-state index in [-0.39, 0.29) is 11.4 Å². The highest BCUT2D eigenvalue weighted by molar-refractivity contribution is 9.10. The monoisotopic (exact) mass is 311 g/mol. The number of nitrogens with one attached hydrogen (secondary N) is 1. The Labute approximate surface area is 118 Å². The van der Waals surface area contributed by atoms with E-state index in [9.17, 15) is 4.79 Å².